The second-order valence-electron chi connectivity index (χ2n) is 4.53. The Labute approximate surface area is 123 Å². The molecule has 1 N–H and O–H groups in total. The zero-order valence-electron chi connectivity index (χ0n) is 14.1. The van der Waals surface area contributed by atoms with Crippen LogP contribution in [0.2, 0.25) is 0 Å². The molecule has 0 heterocycles. The molecular weight excluding hydrogens is 230 g/mol. The Morgan fingerprint density at radius 1 is 0.684 bits per heavy atom. The molecule has 1 heteroatoms. The largest absolute Gasteiger partial charge is 0.317 e. The first-order valence-electron chi connectivity index (χ1n) is 8.17. The second-order valence-corrected chi connectivity index (χ2v) is 4.53. The fourth-order valence-electron chi connectivity index (χ4n) is 1.31. The minimum atomic E-state index is 1.09. The van der Waals surface area contributed by atoms with Gasteiger partial charge in [0.15, 0.2) is 0 Å². The number of nitrogens with one attached hydrogen (secondary N) is 1. The molecule has 0 amide bonds. The van der Waals surface area contributed by atoms with E-state index in [0.717, 1.165) is 13.1 Å². The topological polar surface area (TPSA) is 12.0 Å². The van der Waals surface area contributed by atoms with Gasteiger partial charge in [0, 0.05) is 0 Å². The minimum absolute atomic E-state index is 1.09. The molecule has 0 aromatic rings. The van der Waals surface area contributed by atoms with Crippen molar-refractivity contribution in [1.29, 1.82) is 0 Å². The van der Waals surface area contributed by atoms with Crippen LogP contribution in [0.3, 0.4) is 0 Å². The first-order chi connectivity index (χ1) is 9.24. The van der Waals surface area contributed by atoms with Crippen LogP contribution >= 0.6 is 0 Å². The summed E-state index contributed by atoms with van der Waals surface area (Å²) in [5.74, 6) is 0. The van der Waals surface area contributed by atoms with Gasteiger partial charge in [-0.25, -0.2) is 0 Å². The lowest BCUT2D eigenvalue weighted by atomic mass is 10.2. The average Bonchev–Trinajstić information content (AvgIpc) is 2.44. The number of unbranched alkanes of at least 4 members (excludes halogenated alkanes) is 6. The summed E-state index contributed by atoms with van der Waals surface area (Å²) >= 11 is 0. The molecule has 0 unspecified atom stereocenters. The van der Waals surface area contributed by atoms with Gasteiger partial charge in [0.2, 0.25) is 0 Å². The van der Waals surface area contributed by atoms with E-state index in [-0.39, 0.29) is 0 Å². The molecule has 1 nitrogen and oxygen atoms in total. The van der Waals surface area contributed by atoms with Gasteiger partial charge in [-0.2, -0.15) is 0 Å². The molecule has 0 fully saturated rings. The van der Waals surface area contributed by atoms with Crippen molar-refractivity contribution in [2.24, 2.45) is 0 Å². The molecule has 0 radical (unpaired) electrons. The normalized spacial score (nSPS) is 8.63. The highest BCUT2D eigenvalue weighted by Gasteiger charge is 1.81. The van der Waals surface area contributed by atoms with Crippen LogP contribution in [0.15, 0.2) is 25.3 Å². The Balaban J connectivity index is -0.000000209. The van der Waals surface area contributed by atoms with Crippen molar-refractivity contribution in [2.45, 2.75) is 79.1 Å². The van der Waals surface area contributed by atoms with E-state index in [1.807, 2.05) is 12.2 Å². The van der Waals surface area contributed by atoms with Gasteiger partial charge in [-0.05, 0) is 32.4 Å². The molecule has 0 aliphatic heterocycles. The van der Waals surface area contributed by atoms with Gasteiger partial charge in [0.1, 0.15) is 0 Å². The summed E-state index contributed by atoms with van der Waals surface area (Å²) in [4.78, 5) is 0. The molecule has 0 rings (SSSR count). The third-order valence-corrected chi connectivity index (χ3v) is 2.52. The Morgan fingerprint density at radius 3 is 1.42 bits per heavy atom. The Morgan fingerprint density at radius 2 is 1.16 bits per heavy atom. The van der Waals surface area contributed by atoms with Gasteiger partial charge >= 0.3 is 0 Å². The van der Waals surface area contributed by atoms with Crippen LogP contribution in [0.4, 0.5) is 0 Å². The van der Waals surface area contributed by atoms with E-state index in [1.54, 1.807) is 0 Å². The fourth-order valence-corrected chi connectivity index (χ4v) is 1.31. The van der Waals surface area contributed by atoms with Gasteiger partial charge < -0.3 is 5.32 Å². The Hall–Kier alpha value is -0.560. The van der Waals surface area contributed by atoms with E-state index in [1.165, 1.54) is 51.4 Å². The lowest BCUT2D eigenvalue weighted by Gasteiger charge is -1.91. The number of allylic oxidation sites excluding steroid dienone is 2. The first-order valence-corrected chi connectivity index (χ1v) is 8.17. The highest BCUT2D eigenvalue weighted by molar-refractivity contribution is 4.65. The summed E-state index contributed by atoms with van der Waals surface area (Å²) in [7, 11) is 0. The van der Waals surface area contributed by atoms with Gasteiger partial charge in [-0.3, -0.25) is 0 Å². The quantitative estimate of drug-likeness (QED) is 0.372. The van der Waals surface area contributed by atoms with Crippen LogP contribution in [0.25, 0.3) is 0 Å². The van der Waals surface area contributed by atoms with Gasteiger partial charge in [-0.1, -0.05) is 72.0 Å². The maximum Gasteiger partial charge on any atom is -0.00775 e. The minimum Gasteiger partial charge on any atom is -0.317 e. The maximum atomic E-state index is 3.66. The lowest BCUT2D eigenvalue weighted by molar-refractivity contribution is 0.675. The molecule has 0 spiro atoms. The van der Waals surface area contributed by atoms with E-state index in [2.05, 4.69) is 46.2 Å². The summed E-state index contributed by atoms with van der Waals surface area (Å²) in [5, 5.41) is 3.11. The SMILES string of the molecule is C=CCCCC.C=CCCCCCC.CCNCC. The molecule has 0 saturated carbocycles. The molecule has 0 aliphatic rings. The van der Waals surface area contributed by atoms with Crippen molar-refractivity contribution >= 4 is 0 Å². The standard InChI is InChI=1S/C8H16.C6H12.C4H11N/c1-3-5-7-8-6-4-2;1-3-5-6-4-2;1-3-5-4-2/h3H,1,4-8H2,2H3;3H,1,4-6H2,2H3;5H,3-4H2,1-2H3. The van der Waals surface area contributed by atoms with Crippen molar-refractivity contribution < 1.29 is 0 Å². The van der Waals surface area contributed by atoms with Crippen LogP contribution in [0.5, 0.6) is 0 Å². The van der Waals surface area contributed by atoms with Crippen LogP contribution in [0, 0.1) is 0 Å². The molecular formula is C18H39N. The average molecular weight is 270 g/mol. The summed E-state index contributed by atoms with van der Waals surface area (Å²) in [6, 6.07) is 0. The second kappa shape index (κ2) is 30.5. The van der Waals surface area contributed by atoms with Crippen molar-refractivity contribution in [1.82, 2.24) is 5.32 Å². The van der Waals surface area contributed by atoms with Crippen molar-refractivity contribution in [3.05, 3.63) is 25.3 Å². The number of hydrogen-bond donors (Lipinski definition) is 1. The van der Waals surface area contributed by atoms with Gasteiger partial charge in [0.05, 0.1) is 0 Å². The van der Waals surface area contributed by atoms with Crippen LogP contribution < -0.4 is 5.32 Å². The summed E-state index contributed by atoms with van der Waals surface area (Å²) in [6.45, 7) is 18.1. The molecule has 0 aromatic heterocycles. The van der Waals surface area contributed by atoms with Crippen LogP contribution in [-0.4, -0.2) is 13.1 Å². The first kappa shape index (κ1) is 23.5. The summed E-state index contributed by atoms with van der Waals surface area (Å²) < 4.78 is 0. The molecule has 19 heavy (non-hydrogen) atoms. The molecule has 0 aliphatic carbocycles. The maximum absolute atomic E-state index is 3.66. The van der Waals surface area contributed by atoms with E-state index < -0.39 is 0 Å². The van der Waals surface area contributed by atoms with E-state index in [4.69, 9.17) is 0 Å². The number of hydrogen-bond acceptors (Lipinski definition) is 1. The molecule has 0 saturated heterocycles. The summed E-state index contributed by atoms with van der Waals surface area (Å²) in [5.41, 5.74) is 0. The predicted molar refractivity (Wildman–Crippen MR) is 92.9 cm³/mol. The fraction of sp³-hybridized carbons (Fsp3) is 0.778. The molecule has 0 aromatic carbocycles. The van der Waals surface area contributed by atoms with Gasteiger partial charge in [0.25, 0.3) is 0 Å². The Bertz CT molecular complexity index is 139. The zero-order valence-corrected chi connectivity index (χ0v) is 14.1. The van der Waals surface area contributed by atoms with Crippen molar-refractivity contribution in [3.8, 4) is 0 Å². The molecule has 0 bridgehead atoms. The molecule has 0 atom stereocenters. The number of rotatable bonds is 10. The third-order valence-electron chi connectivity index (χ3n) is 2.52. The summed E-state index contributed by atoms with van der Waals surface area (Å²) in [6.07, 6.45) is 14.3. The van der Waals surface area contributed by atoms with Crippen LogP contribution in [-0.2, 0) is 0 Å². The lowest BCUT2D eigenvalue weighted by Crippen LogP contribution is -2.09. The van der Waals surface area contributed by atoms with E-state index in [0.29, 0.717) is 0 Å². The third kappa shape index (κ3) is 46.7. The highest BCUT2D eigenvalue weighted by atomic mass is 14.8. The highest BCUT2D eigenvalue weighted by Crippen LogP contribution is 2.01. The smallest absolute Gasteiger partial charge is 0.00775 e. The van der Waals surface area contributed by atoms with Crippen LogP contribution in [0.1, 0.15) is 79.1 Å². The molecule has 116 valence electrons. The van der Waals surface area contributed by atoms with Gasteiger partial charge in [-0.15, -0.1) is 13.2 Å². The van der Waals surface area contributed by atoms with Crippen molar-refractivity contribution in [3.63, 3.8) is 0 Å². The van der Waals surface area contributed by atoms with Crippen molar-refractivity contribution in [2.75, 3.05) is 13.1 Å². The Kier molecular flexibility index (Phi) is 37.7. The predicted octanol–water partition coefficient (Wildman–Crippen LogP) is 6.12. The van der Waals surface area contributed by atoms with E-state index in [9.17, 15) is 0 Å². The monoisotopic (exact) mass is 269 g/mol. The zero-order chi connectivity index (χ0) is 15.2. The van der Waals surface area contributed by atoms with E-state index >= 15 is 0 Å².